The van der Waals surface area contributed by atoms with E-state index in [1.165, 1.54) is 7.11 Å². The van der Waals surface area contributed by atoms with Crippen LogP contribution in [0.3, 0.4) is 0 Å². The lowest BCUT2D eigenvalue weighted by molar-refractivity contribution is -0.138. The van der Waals surface area contributed by atoms with Crippen molar-refractivity contribution in [1.82, 2.24) is 0 Å². The minimum absolute atomic E-state index is 0.0512. The standard InChI is InChI=1S/C13H12O5/c1-18-10-5-3-2-4-7(10)8-6-9(14)12(16)13(17)11(8)15/h2-6,12-13,16-17H,1H3/t12-,13+/m1/s1. The van der Waals surface area contributed by atoms with Crippen LogP contribution in [-0.4, -0.2) is 41.1 Å². The van der Waals surface area contributed by atoms with E-state index in [-0.39, 0.29) is 5.57 Å². The van der Waals surface area contributed by atoms with Gasteiger partial charge in [-0.05, 0) is 12.1 Å². The van der Waals surface area contributed by atoms with Gasteiger partial charge in [-0.25, -0.2) is 0 Å². The Labute approximate surface area is 103 Å². The molecule has 0 fully saturated rings. The van der Waals surface area contributed by atoms with Crippen molar-refractivity contribution >= 4 is 17.1 Å². The van der Waals surface area contributed by atoms with Gasteiger partial charge < -0.3 is 14.9 Å². The van der Waals surface area contributed by atoms with Crippen LogP contribution < -0.4 is 4.74 Å². The van der Waals surface area contributed by atoms with Gasteiger partial charge in [0.2, 0.25) is 0 Å². The smallest absolute Gasteiger partial charge is 0.195 e. The molecular weight excluding hydrogens is 236 g/mol. The zero-order valence-corrected chi connectivity index (χ0v) is 9.66. The number of methoxy groups -OCH3 is 1. The molecule has 0 bridgehead atoms. The number of hydrogen-bond acceptors (Lipinski definition) is 5. The second kappa shape index (κ2) is 4.72. The quantitative estimate of drug-likeness (QED) is 0.766. The molecule has 0 aromatic heterocycles. The molecule has 1 aliphatic carbocycles. The lowest BCUT2D eigenvalue weighted by atomic mass is 9.87. The molecule has 2 rings (SSSR count). The third kappa shape index (κ3) is 1.94. The predicted molar refractivity (Wildman–Crippen MR) is 63.0 cm³/mol. The molecule has 1 aromatic rings. The van der Waals surface area contributed by atoms with Gasteiger partial charge >= 0.3 is 0 Å². The monoisotopic (exact) mass is 248 g/mol. The number of carbonyl (C=O) groups excluding carboxylic acids is 2. The van der Waals surface area contributed by atoms with E-state index in [1.807, 2.05) is 0 Å². The largest absolute Gasteiger partial charge is 0.496 e. The molecule has 0 heterocycles. The molecule has 94 valence electrons. The Balaban J connectivity index is 2.53. The topological polar surface area (TPSA) is 83.8 Å². The van der Waals surface area contributed by atoms with Gasteiger partial charge in [-0.3, -0.25) is 9.59 Å². The highest BCUT2D eigenvalue weighted by Crippen LogP contribution is 2.29. The van der Waals surface area contributed by atoms with Crippen LogP contribution in [-0.2, 0) is 9.59 Å². The second-order valence-electron chi connectivity index (χ2n) is 3.91. The maximum Gasteiger partial charge on any atom is 0.195 e. The molecule has 18 heavy (non-hydrogen) atoms. The fraction of sp³-hybridized carbons (Fsp3) is 0.231. The van der Waals surface area contributed by atoms with Crippen LogP contribution in [0.5, 0.6) is 5.75 Å². The SMILES string of the molecule is COc1ccccc1C1=CC(=O)[C@@H](O)[C@@H](O)C1=O. The number of ketones is 2. The van der Waals surface area contributed by atoms with Gasteiger partial charge in [0, 0.05) is 11.1 Å². The van der Waals surface area contributed by atoms with Gasteiger partial charge in [-0.1, -0.05) is 18.2 Å². The van der Waals surface area contributed by atoms with Crippen LogP contribution in [0, 0.1) is 0 Å². The highest BCUT2D eigenvalue weighted by atomic mass is 16.5. The molecule has 2 atom stereocenters. The van der Waals surface area contributed by atoms with Crippen LogP contribution in [0.2, 0.25) is 0 Å². The number of aliphatic hydroxyl groups is 2. The molecule has 0 saturated heterocycles. The van der Waals surface area contributed by atoms with Crippen molar-refractivity contribution in [3.05, 3.63) is 35.9 Å². The van der Waals surface area contributed by atoms with E-state index in [0.717, 1.165) is 6.08 Å². The van der Waals surface area contributed by atoms with Crippen LogP contribution >= 0.6 is 0 Å². The summed E-state index contributed by atoms with van der Waals surface area (Å²) < 4.78 is 5.10. The van der Waals surface area contributed by atoms with Gasteiger partial charge in [0.25, 0.3) is 0 Å². The van der Waals surface area contributed by atoms with Crippen molar-refractivity contribution in [2.45, 2.75) is 12.2 Å². The Morgan fingerprint density at radius 3 is 2.44 bits per heavy atom. The first-order chi connectivity index (χ1) is 8.56. The summed E-state index contributed by atoms with van der Waals surface area (Å²) in [7, 11) is 1.44. The summed E-state index contributed by atoms with van der Waals surface area (Å²) in [5.74, 6) is -0.955. The van der Waals surface area contributed by atoms with E-state index in [1.54, 1.807) is 24.3 Å². The first-order valence-electron chi connectivity index (χ1n) is 5.35. The Kier molecular flexibility index (Phi) is 3.27. The van der Waals surface area contributed by atoms with Gasteiger partial charge in [0.1, 0.15) is 11.9 Å². The summed E-state index contributed by atoms with van der Waals surface area (Å²) in [6, 6.07) is 6.67. The first-order valence-corrected chi connectivity index (χ1v) is 5.35. The van der Waals surface area contributed by atoms with E-state index in [2.05, 4.69) is 0 Å². The Bertz CT molecular complexity index is 532. The molecular formula is C13H12O5. The number of Topliss-reactive ketones (excluding diaryl/α,β-unsaturated/α-hetero) is 1. The van der Waals surface area contributed by atoms with E-state index in [0.29, 0.717) is 11.3 Å². The third-order valence-electron chi connectivity index (χ3n) is 2.81. The second-order valence-corrected chi connectivity index (χ2v) is 3.91. The number of benzene rings is 1. The van der Waals surface area contributed by atoms with Crippen molar-refractivity contribution in [3.8, 4) is 5.75 Å². The summed E-state index contributed by atoms with van der Waals surface area (Å²) >= 11 is 0. The Morgan fingerprint density at radius 2 is 1.78 bits per heavy atom. The van der Waals surface area contributed by atoms with Gasteiger partial charge in [-0.2, -0.15) is 0 Å². The molecule has 2 N–H and O–H groups in total. The summed E-state index contributed by atoms with van der Waals surface area (Å²) in [4.78, 5) is 23.3. The highest BCUT2D eigenvalue weighted by Gasteiger charge is 2.37. The fourth-order valence-corrected chi connectivity index (χ4v) is 1.83. The number of rotatable bonds is 2. The van der Waals surface area contributed by atoms with Crippen LogP contribution in [0.1, 0.15) is 5.56 Å². The van der Waals surface area contributed by atoms with Gasteiger partial charge in [0.05, 0.1) is 7.11 Å². The van der Waals surface area contributed by atoms with E-state index >= 15 is 0 Å². The molecule has 0 saturated carbocycles. The molecule has 5 nitrogen and oxygen atoms in total. The lowest BCUT2D eigenvalue weighted by Crippen LogP contribution is -2.43. The normalized spacial score (nSPS) is 23.8. The number of carbonyl (C=O) groups is 2. The van der Waals surface area contributed by atoms with Crippen LogP contribution in [0.15, 0.2) is 30.3 Å². The van der Waals surface area contributed by atoms with Crippen molar-refractivity contribution < 1.29 is 24.5 Å². The lowest BCUT2D eigenvalue weighted by Gasteiger charge is -2.22. The van der Waals surface area contributed by atoms with Crippen molar-refractivity contribution in [1.29, 1.82) is 0 Å². The number of aliphatic hydroxyl groups excluding tert-OH is 2. The third-order valence-corrected chi connectivity index (χ3v) is 2.81. The summed E-state index contributed by atoms with van der Waals surface area (Å²) in [5.41, 5.74) is 0.472. The Hall–Kier alpha value is -1.98. The van der Waals surface area contributed by atoms with Crippen molar-refractivity contribution in [3.63, 3.8) is 0 Å². The fourth-order valence-electron chi connectivity index (χ4n) is 1.83. The summed E-state index contributed by atoms with van der Waals surface area (Å²) in [6.45, 7) is 0. The first kappa shape index (κ1) is 12.5. The molecule has 0 amide bonds. The van der Waals surface area contributed by atoms with Gasteiger partial charge in [0.15, 0.2) is 17.7 Å². The maximum atomic E-state index is 11.9. The van der Waals surface area contributed by atoms with Crippen molar-refractivity contribution in [2.24, 2.45) is 0 Å². The molecule has 0 aliphatic heterocycles. The van der Waals surface area contributed by atoms with Crippen molar-refractivity contribution in [2.75, 3.05) is 7.11 Å². The molecule has 1 aromatic carbocycles. The molecule has 0 unspecified atom stereocenters. The highest BCUT2D eigenvalue weighted by molar-refractivity contribution is 6.31. The summed E-state index contributed by atoms with van der Waals surface area (Å²) in [5, 5.41) is 18.8. The minimum Gasteiger partial charge on any atom is -0.496 e. The molecule has 5 heteroatoms. The van der Waals surface area contributed by atoms with Crippen LogP contribution in [0.4, 0.5) is 0 Å². The van der Waals surface area contributed by atoms with Crippen LogP contribution in [0.25, 0.3) is 5.57 Å². The van der Waals surface area contributed by atoms with E-state index < -0.39 is 23.8 Å². The maximum absolute atomic E-state index is 11.9. The number of ether oxygens (including phenoxy) is 1. The Morgan fingerprint density at radius 1 is 1.11 bits per heavy atom. The van der Waals surface area contributed by atoms with E-state index in [9.17, 15) is 19.8 Å². The molecule has 0 radical (unpaired) electrons. The zero-order valence-electron chi connectivity index (χ0n) is 9.66. The average molecular weight is 248 g/mol. The minimum atomic E-state index is -1.72. The molecule has 0 spiro atoms. The number of para-hydroxylation sites is 1. The zero-order chi connectivity index (χ0) is 13.3. The molecule has 1 aliphatic rings. The predicted octanol–water partition coefficient (Wildman–Crippen LogP) is -0.0478. The number of hydrogen-bond donors (Lipinski definition) is 2. The van der Waals surface area contributed by atoms with E-state index in [4.69, 9.17) is 4.74 Å². The summed E-state index contributed by atoms with van der Waals surface area (Å²) in [6.07, 6.45) is -2.37. The van der Waals surface area contributed by atoms with Gasteiger partial charge in [-0.15, -0.1) is 0 Å². The average Bonchev–Trinajstić information content (AvgIpc) is 2.40.